The Balaban J connectivity index is 1.80. The number of aryl methyl sites for hydroxylation is 1. The molecule has 2 heterocycles. The molecule has 0 aliphatic heterocycles. The summed E-state index contributed by atoms with van der Waals surface area (Å²) in [6.45, 7) is 0. The zero-order chi connectivity index (χ0) is 21.3. The zero-order valence-electron chi connectivity index (χ0n) is 17.2. The molecule has 0 unspecified atom stereocenters. The molecule has 1 N–H and O–H groups in total. The third kappa shape index (κ3) is 3.39. The highest BCUT2D eigenvalue weighted by Crippen LogP contribution is 2.41. The van der Waals surface area contributed by atoms with E-state index in [4.69, 9.17) is 14.2 Å². The van der Waals surface area contributed by atoms with Gasteiger partial charge in [0.15, 0.2) is 11.5 Å². The number of anilines is 2. The van der Waals surface area contributed by atoms with Gasteiger partial charge in [-0.2, -0.15) is 0 Å². The molecule has 30 heavy (non-hydrogen) atoms. The second kappa shape index (κ2) is 7.94. The lowest BCUT2D eigenvalue weighted by Crippen LogP contribution is -1.99. The van der Waals surface area contributed by atoms with Crippen molar-refractivity contribution in [3.05, 3.63) is 60.5 Å². The van der Waals surface area contributed by atoms with Gasteiger partial charge in [-0.05, 0) is 24.3 Å². The fraction of sp³-hybridized carbons (Fsp3) is 0.174. The van der Waals surface area contributed by atoms with Gasteiger partial charge in [-0.3, -0.25) is 0 Å². The molecule has 0 radical (unpaired) electrons. The minimum atomic E-state index is -0.272. The van der Waals surface area contributed by atoms with Crippen LogP contribution in [0.5, 0.6) is 17.2 Å². The topological polar surface area (TPSA) is 57.5 Å². The third-order valence-corrected chi connectivity index (χ3v) is 5.02. The van der Waals surface area contributed by atoms with Crippen LogP contribution in [0.1, 0.15) is 0 Å². The van der Waals surface area contributed by atoms with Crippen LogP contribution in [0.3, 0.4) is 0 Å². The van der Waals surface area contributed by atoms with Crippen LogP contribution in [0.4, 0.5) is 15.9 Å². The fourth-order valence-corrected chi connectivity index (χ4v) is 3.58. The van der Waals surface area contributed by atoms with E-state index in [0.29, 0.717) is 23.1 Å². The number of rotatable bonds is 6. The van der Waals surface area contributed by atoms with Gasteiger partial charge in [0.1, 0.15) is 11.6 Å². The number of methoxy groups -OCH3 is 3. The van der Waals surface area contributed by atoms with Crippen molar-refractivity contribution in [2.24, 2.45) is 7.05 Å². The monoisotopic (exact) mass is 407 g/mol. The molecule has 0 spiro atoms. The predicted octanol–water partition coefficient (Wildman–Crippen LogP) is 5.15. The van der Waals surface area contributed by atoms with Crippen molar-refractivity contribution < 1.29 is 18.6 Å². The quantitative estimate of drug-likeness (QED) is 0.479. The Morgan fingerprint density at radius 1 is 0.933 bits per heavy atom. The molecule has 6 nitrogen and oxygen atoms in total. The van der Waals surface area contributed by atoms with Crippen molar-refractivity contribution >= 4 is 22.4 Å². The predicted molar refractivity (Wildman–Crippen MR) is 115 cm³/mol. The Morgan fingerprint density at radius 3 is 2.30 bits per heavy atom. The summed E-state index contributed by atoms with van der Waals surface area (Å²) < 4.78 is 32.0. The fourth-order valence-electron chi connectivity index (χ4n) is 3.58. The molecule has 0 aliphatic rings. The van der Waals surface area contributed by atoms with Crippen molar-refractivity contribution in [2.75, 3.05) is 26.6 Å². The Morgan fingerprint density at radius 2 is 1.67 bits per heavy atom. The Bertz CT molecular complexity index is 1190. The minimum Gasteiger partial charge on any atom is -0.493 e. The van der Waals surface area contributed by atoms with E-state index in [-0.39, 0.29) is 5.82 Å². The number of nitrogens with one attached hydrogen (secondary N) is 1. The SMILES string of the molecule is COc1cc(Nc2nccc3c2cc(-c2cccc(F)c2)n3C)cc(OC)c1OC. The lowest BCUT2D eigenvalue weighted by Gasteiger charge is -2.15. The molecule has 4 aromatic rings. The number of ether oxygens (including phenoxy) is 3. The number of fused-ring (bicyclic) bond motifs is 1. The highest BCUT2D eigenvalue weighted by Gasteiger charge is 2.16. The average molecular weight is 407 g/mol. The summed E-state index contributed by atoms with van der Waals surface area (Å²) in [5.74, 6) is 2.00. The molecule has 0 atom stereocenters. The lowest BCUT2D eigenvalue weighted by atomic mass is 10.1. The molecular formula is C23H22FN3O3. The molecule has 154 valence electrons. The maximum absolute atomic E-state index is 13.7. The van der Waals surface area contributed by atoms with E-state index in [2.05, 4.69) is 10.3 Å². The number of benzene rings is 2. The maximum atomic E-state index is 13.7. The Kier molecular flexibility index (Phi) is 5.18. The first-order chi connectivity index (χ1) is 14.5. The normalized spacial score (nSPS) is 10.8. The summed E-state index contributed by atoms with van der Waals surface area (Å²) >= 11 is 0. The molecule has 0 saturated carbocycles. The molecular weight excluding hydrogens is 385 g/mol. The van der Waals surface area contributed by atoms with Crippen molar-refractivity contribution in [3.8, 4) is 28.5 Å². The van der Waals surface area contributed by atoms with Gasteiger partial charge in [0.2, 0.25) is 5.75 Å². The molecule has 0 aliphatic carbocycles. The molecule has 2 aromatic carbocycles. The van der Waals surface area contributed by atoms with Crippen LogP contribution in [-0.4, -0.2) is 30.9 Å². The second-order valence-corrected chi connectivity index (χ2v) is 6.73. The van der Waals surface area contributed by atoms with Gasteiger partial charge < -0.3 is 24.1 Å². The average Bonchev–Trinajstić information content (AvgIpc) is 3.10. The molecule has 0 fully saturated rings. The first-order valence-corrected chi connectivity index (χ1v) is 9.33. The Labute approximate surface area is 173 Å². The van der Waals surface area contributed by atoms with Gasteiger partial charge in [-0.1, -0.05) is 12.1 Å². The molecule has 4 rings (SSSR count). The number of aromatic nitrogens is 2. The molecule has 7 heteroatoms. The lowest BCUT2D eigenvalue weighted by molar-refractivity contribution is 0.324. The Hall–Kier alpha value is -3.74. The number of hydrogen-bond acceptors (Lipinski definition) is 5. The van der Waals surface area contributed by atoms with Crippen LogP contribution in [0.25, 0.3) is 22.2 Å². The highest BCUT2D eigenvalue weighted by atomic mass is 19.1. The van der Waals surface area contributed by atoms with Crippen molar-refractivity contribution in [2.45, 2.75) is 0 Å². The summed E-state index contributed by atoms with van der Waals surface area (Å²) in [6, 6.07) is 14.1. The van der Waals surface area contributed by atoms with E-state index in [1.165, 1.54) is 12.1 Å². The minimum absolute atomic E-state index is 0.272. The van der Waals surface area contributed by atoms with Crippen LogP contribution >= 0.6 is 0 Å². The second-order valence-electron chi connectivity index (χ2n) is 6.73. The van der Waals surface area contributed by atoms with E-state index in [1.54, 1.807) is 33.6 Å². The van der Waals surface area contributed by atoms with Gasteiger partial charge >= 0.3 is 0 Å². The maximum Gasteiger partial charge on any atom is 0.203 e. The number of pyridine rings is 1. The first-order valence-electron chi connectivity index (χ1n) is 9.33. The van der Waals surface area contributed by atoms with E-state index < -0.39 is 0 Å². The zero-order valence-corrected chi connectivity index (χ0v) is 17.2. The third-order valence-electron chi connectivity index (χ3n) is 5.02. The van der Waals surface area contributed by atoms with Gasteiger partial charge in [-0.25, -0.2) is 9.37 Å². The van der Waals surface area contributed by atoms with E-state index in [9.17, 15) is 4.39 Å². The van der Waals surface area contributed by atoms with Crippen molar-refractivity contribution in [1.82, 2.24) is 9.55 Å². The smallest absolute Gasteiger partial charge is 0.203 e. The molecule has 0 bridgehead atoms. The highest BCUT2D eigenvalue weighted by molar-refractivity contribution is 5.96. The van der Waals surface area contributed by atoms with Gasteiger partial charge in [0.25, 0.3) is 0 Å². The van der Waals surface area contributed by atoms with Gasteiger partial charge in [0.05, 0.1) is 26.8 Å². The van der Waals surface area contributed by atoms with Crippen molar-refractivity contribution in [1.29, 1.82) is 0 Å². The summed E-state index contributed by atoms with van der Waals surface area (Å²) in [5, 5.41) is 4.25. The van der Waals surface area contributed by atoms with Crippen LogP contribution in [0.15, 0.2) is 54.7 Å². The molecule has 0 saturated heterocycles. The first kappa shape index (κ1) is 19.6. The van der Waals surface area contributed by atoms with Gasteiger partial charge in [-0.15, -0.1) is 0 Å². The standard InChI is InChI=1S/C23H22FN3O3/c1-27-18-8-9-25-23(17(18)13-19(27)14-6-5-7-15(24)10-14)26-16-11-20(28-2)22(30-4)21(12-16)29-3/h5-13H,1-4H3,(H,25,26). The number of hydrogen-bond donors (Lipinski definition) is 1. The van der Waals surface area contributed by atoms with Gasteiger partial charge in [0, 0.05) is 47.7 Å². The van der Waals surface area contributed by atoms with E-state index >= 15 is 0 Å². The van der Waals surface area contributed by atoms with Crippen molar-refractivity contribution in [3.63, 3.8) is 0 Å². The van der Waals surface area contributed by atoms with Crippen LogP contribution in [0, 0.1) is 5.82 Å². The van der Waals surface area contributed by atoms with Crippen LogP contribution in [-0.2, 0) is 7.05 Å². The summed E-state index contributed by atoms with van der Waals surface area (Å²) in [5.41, 5.74) is 3.40. The molecule has 0 amide bonds. The number of nitrogens with zero attached hydrogens (tertiary/aromatic N) is 2. The number of halogens is 1. The van der Waals surface area contributed by atoms with E-state index in [1.807, 2.05) is 41.9 Å². The largest absolute Gasteiger partial charge is 0.493 e. The van der Waals surface area contributed by atoms with E-state index in [0.717, 1.165) is 27.8 Å². The summed E-state index contributed by atoms with van der Waals surface area (Å²) in [7, 11) is 6.66. The van der Waals surface area contributed by atoms with Crippen LogP contribution < -0.4 is 19.5 Å². The summed E-state index contributed by atoms with van der Waals surface area (Å²) in [4.78, 5) is 4.51. The molecule has 2 aromatic heterocycles. The summed E-state index contributed by atoms with van der Waals surface area (Å²) in [6.07, 6.45) is 1.73. The van der Waals surface area contributed by atoms with Crippen LogP contribution in [0.2, 0.25) is 0 Å².